The Hall–Kier alpha value is -1.34. The second kappa shape index (κ2) is 2.29. The highest BCUT2D eigenvalue weighted by atomic mass is 14.8. The summed E-state index contributed by atoms with van der Waals surface area (Å²) in [4.78, 5) is 3.01. The van der Waals surface area contributed by atoms with Gasteiger partial charge >= 0.3 is 0 Å². The van der Waals surface area contributed by atoms with Gasteiger partial charge in [-0.3, -0.25) is 0 Å². The molecule has 2 N–H and O–H groups in total. The van der Waals surface area contributed by atoms with Crippen LogP contribution in [0.4, 0.5) is 0 Å². The Balaban J connectivity index is 2.81. The average molecular weight is 121 g/mol. The third-order valence-corrected chi connectivity index (χ3v) is 1.14. The van der Waals surface area contributed by atoms with Crippen LogP contribution in [-0.2, 0) is 0 Å². The van der Waals surface area contributed by atoms with Gasteiger partial charge in [0.1, 0.15) is 0 Å². The van der Waals surface area contributed by atoms with E-state index in [9.17, 15) is 0 Å². The first kappa shape index (κ1) is 5.79. The van der Waals surface area contributed by atoms with Crippen molar-refractivity contribution in [2.24, 2.45) is 5.73 Å². The van der Waals surface area contributed by atoms with E-state index in [4.69, 9.17) is 11.3 Å². The lowest BCUT2D eigenvalue weighted by atomic mass is 10.1. The van der Waals surface area contributed by atoms with Crippen LogP contribution < -0.4 is 5.73 Å². The SMILES string of the molecule is [N-]=[N+]=C1C=CC(N)=CC1. The number of nitrogens with zero attached hydrogens (tertiary/aromatic N) is 2. The van der Waals surface area contributed by atoms with Gasteiger partial charge in [0, 0.05) is 11.8 Å². The van der Waals surface area contributed by atoms with Crippen LogP contribution in [0.5, 0.6) is 0 Å². The summed E-state index contributed by atoms with van der Waals surface area (Å²) in [5.74, 6) is 0. The van der Waals surface area contributed by atoms with Crippen LogP contribution >= 0.6 is 0 Å². The molecule has 0 atom stereocenters. The number of nitrogens with two attached hydrogens (primary N) is 1. The molecule has 9 heavy (non-hydrogen) atoms. The summed E-state index contributed by atoms with van der Waals surface area (Å²) in [6.45, 7) is 0. The topological polar surface area (TPSA) is 62.4 Å². The van der Waals surface area contributed by atoms with E-state index >= 15 is 0 Å². The molecule has 0 saturated heterocycles. The van der Waals surface area contributed by atoms with E-state index in [0.29, 0.717) is 12.1 Å². The van der Waals surface area contributed by atoms with E-state index in [1.54, 1.807) is 18.2 Å². The highest BCUT2D eigenvalue weighted by Crippen LogP contribution is 2.00. The number of rotatable bonds is 0. The van der Waals surface area contributed by atoms with Gasteiger partial charge in [0.05, 0.1) is 6.42 Å². The monoisotopic (exact) mass is 121 g/mol. The van der Waals surface area contributed by atoms with Crippen molar-refractivity contribution in [1.82, 2.24) is 0 Å². The first-order chi connectivity index (χ1) is 4.33. The molecule has 0 unspecified atom stereocenters. The predicted molar refractivity (Wildman–Crippen MR) is 34.7 cm³/mol. The predicted octanol–water partition coefficient (Wildman–Crippen LogP) is 0.460. The normalized spacial score (nSPS) is 16.9. The van der Waals surface area contributed by atoms with Crippen LogP contribution in [0.15, 0.2) is 23.9 Å². The minimum Gasteiger partial charge on any atom is -0.399 e. The van der Waals surface area contributed by atoms with Gasteiger partial charge < -0.3 is 11.3 Å². The van der Waals surface area contributed by atoms with Crippen molar-refractivity contribution in [3.8, 4) is 0 Å². The summed E-state index contributed by atoms with van der Waals surface area (Å²) in [5, 5.41) is 0. The summed E-state index contributed by atoms with van der Waals surface area (Å²) in [5.41, 5.74) is 15.0. The highest BCUT2D eigenvalue weighted by molar-refractivity contribution is 5.92. The maximum Gasteiger partial charge on any atom is 0.295 e. The third-order valence-electron chi connectivity index (χ3n) is 1.14. The minimum absolute atomic E-state index is 0.624. The van der Waals surface area contributed by atoms with Crippen LogP contribution in [0.25, 0.3) is 5.53 Å². The lowest BCUT2D eigenvalue weighted by molar-refractivity contribution is -0.00541. The van der Waals surface area contributed by atoms with Gasteiger partial charge in [0.2, 0.25) is 0 Å². The first-order valence-electron chi connectivity index (χ1n) is 2.67. The van der Waals surface area contributed by atoms with E-state index < -0.39 is 0 Å². The Morgan fingerprint density at radius 1 is 1.56 bits per heavy atom. The average Bonchev–Trinajstić information content (AvgIpc) is 1.90. The fourth-order valence-corrected chi connectivity index (χ4v) is 0.625. The second-order valence-corrected chi connectivity index (χ2v) is 1.83. The molecule has 0 heterocycles. The molecule has 0 aromatic heterocycles. The molecule has 0 fully saturated rings. The molecule has 0 bridgehead atoms. The smallest absolute Gasteiger partial charge is 0.295 e. The highest BCUT2D eigenvalue weighted by Gasteiger charge is 2.04. The molecule has 3 nitrogen and oxygen atoms in total. The van der Waals surface area contributed by atoms with Crippen LogP contribution in [0.2, 0.25) is 0 Å². The minimum atomic E-state index is 0.624. The fourth-order valence-electron chi connectivity index (χ4n) is 0.625. The zero-order valence-corrected chi connectivity index (χ0v) is 4.91. The Morgan fingerprint density at radius 2 is 2.33 bits per heavy atom. The first-order valence-corrected chi connectivity index (χ1v) is 2.67. The zero-order valence-electron chi connectivity index (χ0n) is 4.91. The fraction of sp³-hybridized carbons (Fsp3) is 0.167. The Bertz CT molecular complexity index is 218. The van der Waals surface area contributed by atoms with E-state index in [1.165, 1.54) is 0 Å². The molecule has 46 valence electrons. The molecule has 1 aliphatic carbocycles. The van der Waals surface area contributed by atoms with Crippen LogP contribution in [-0.4, -0.2) is 10.5 Å². The lowest BCUT2D eigenvalue weighted by Gasteiger charge is -1.94. The quantitative estimate of drug-likeness (QED) is 0.367. The summed E-state index contributed by atoms with van der Waals surface area (Å²) in [7, 11) is 0. The van der Waals surface area contributed by atoms with Crippen LogP contribution in [0, 0.1) is 0 Å². The number of allylic oxidation sites excluding steroid dienone is 3. The van der Waals surface area contributed by atoms with Gasteiger partial charge in [0.25, 0.3) is 5.71 Å². The van der Waals surface area contributed by atoms with Gasteiger partial charge in [-0.25, -0.2) is 0 Å². The van der Waals surface area contributed by atoms with Gasteiger partial charge in [0.15, 0.2) is 0 Å². The molecule has 0 aromatic carbocycles. The standard InChI is InChI=1S/C6H7N3/c7-5-1-3-6(9-8)4-2-5/h1-3H,4,7H2. The Kier molecular flexibility index (Phi) is 1.47. The lowest BCUT2D eigenvalue weighted by Crippen LogP contribution is -2.03. The van der Waals surface area contributed by atoms with Crippen molar-refractivity contribution in [2.75, 3.05) is 0 Å². The molecular formula is C6H7N3. The second-order valence-electron chi connectivity index (χ2n) is 1.83. The molecule has 0 saturated carbocycles. The number of hydrogen-bond donors (Lipinski definition) is 1. The molecular weight excluding hydrogens is 114 g/mol. The largest absolute Gasteiger partial charge is 0.399 e. The summed E-state index contributed by atoms with van der Waals surface area (Å²) < 4.78 is 0. The maximum absolute atomic E-state index is 8.24. The molecule has 1 rings (SSSR count). The Morgan fingerprint density at radius 3 is 2.78 bits per heavy atom. The van der Waals surface area contributed by atoms with Gasteiger partial charge in [-0.1, -0.05) is 0 Å². The molecule has 0 radical (unpaired) electrons. The van der Waals surface area contributed by atoms with E-state index in [0.717, 1.165) is 5.70 Å². The molecule has 0 aromatic rings. The summed E-state index contributed by atoms with van der Waals surface area (Å²) >= 11 is 0. The zero-order chi connectivity index (χ0) is 6.69. The summed E-state index contributed by atoms with van der Waals surface area (Å²) in [6.07, 6.45) is 5.82. The Labute approximate surface area is 53.1 Å². The van der Waals surface area contributed by atoms with Crippen molar-refractivity contribution in [2.45, 2.75) is 6.42 Å². The van der Waals surface area contributed by atoms with Crippen molar-refractivity contribution in [1.29, 1.82) is 0 Å². The summed E-state index contributed by atoms with van der Waals surface area (Å²) in [6, 6.07) is 0. The van der Waals surface area contributed by atoms with Crippen molar-refractivity contribution < 1.29 is 4.79 Å². The van der Waals surface area contributed by atoms with E-state index in [2.05, 4.69) is 4.79 Å². The third kappa shape index (κ3) is 1.27. The molecule has 0 aliphatic heterocycles. The van der Waals surface area contributed by atoms with Crippen LogP contribution in [0.1, 0.15) is 6.42 Å². The molecule has 1 aliphatic rings. The molecule has 3 heteroatoms. The van der Waals surface area contributed by atoms with Crippen LogP contribution in [0.3, 0.4) is 0 Å². The van der Waals surface area contributed by atoms with Gasteiger partial charge in [-0.2, -0.15) is 4.79 Å². The maximum atomic E-state index is 8.24. The van der Waals surface area contributed by atoms with Crippen molar-refractivity contribution in [3.05, 3.63) is 29.5 Å². The number of hydrogen-bond acceptors (Lipinski definition) is 1. The molecule has 0 spiro atoms. The van der Waals surface area contributed by atoms with E-state index in [1.807, 2.05) is 0 Å². The van der Waals surface area contributed by atoms with Crippen molar-refractivity contribution >= 4 is 5.71 Å². The van der Waals surface area contributed by atoms with Gasteiger partial charge in [-0.05, 0) is 12.2 Å². The van der Waals surface area contributed by atoms with Gasteiger partial charge in [-0.15, -0.1) is 0 Å². The van der Waals surface area contributed by atoms with E-state index in [-0.39, 0.29) is 0 Å². The van der Waals surface area contributed by atoms with Crippen molar-refractivity contribution in [3.63, 3.8) is 0 Å². The molecule has 0 amide bonds.